The van der Waals surface area contributed by atoms with E-state index in [2.05, 4.69) is 16.6 Å². The van der Waals surface area contributed by atoms with Crippen molar-refractivity contribution in [3.63, 3.8) is 0 Å². The van der Waals surface area contributed by atoms with Crippen LogP contribution in [-0.4, -0.2) is 84.8 Å². The third kappa shape index (κ3) is 7.25. The number of furan rings is 1. The number of aliphatic hydroxyl groups excluding tert-OH is 2. The highest BCUT2D eigenvalue weighted by Crippen LogP contribution is 2.11. The average molecular weight is 352 g/mol. The molecule has 141 valence electrons. The summed E-state index contributed by atoms with van der Waals surface area (Å²) >= 11 is 0. The quantitative estimate of drug-likeness (QED) is 0.364. The Hall–Kier alpha value is -1.25. The minimum atomic E-state index is -0.0610. The van der Waals surface area contributed by atoms with E-state index in [1.165, 1.54) is 0 Å². The van der Waals surface area contributed by atoms with Crippen molar-refractivity contribution in [3.8, 4) is 0 Å². The normalized spacial score (nSPS) is 15.8. The molecule has 0 aliphatic carbocycles. The van der Waals surface area contributed by atoms with Gasteiger partial charge in [-0.15, -0.1) is 0 Å². The second-order valence-electron chi connectivity index (χ2n) is 6.30. The van der Waals surface area contributed by atoms with E-state index in [4.69, 9.17) is 14.6 Å². The molecule has 2 rings (SSSR count). The van der Waals surface area contributed by atoms with Gasteiger partial charge in [-0.1, -0.05) is 0 Å². The van der Waals surface area contributed by atoms with Gasteiger partial charge >= 0.3 is 0 Å². The van der Waals surface area contributed by atoms with Gasteiger partial charge in [0.1, 0.15) is 5.76 Å². The molecule has 0 saturated carbocycles. The molecule has 1 aromatic heterocycles. The van der Waals surface area contributed by atoms with Gasteiger partial charge < -0.3 is 24.8 Å². The highest BCUT2D eigenvalue weighted by molar-refractivity contribution is 5.95. The number of rotatable bonds is 12. The van der Waals surface area contributed by atoms with E-state index >= 15 is 0 Å². The van der Waals surface area contributed by atoms with Crippen LogP contribution in [0.15, 0.2) is 16.5 Å². The number of nitrogens with one attached hydrogen (secondary N) is 1. The largest absolute Gasteiger partial charge is 0.457 e. The van der Waals surface area contributed by atoms with E-state index in [0.29, 0.717) is 31.2 Å². The number of carbonyl (C=O) groups is 1. The zero-order valence-electron chi connectivity index (χ0n) is 14.8. The van der Waals surface area contributed by atoms with E-state index < -0.39 is 0 Å². The smallest absolute Gasteiger partial charge is 0.211 e. The molecule has 1 aromatic rings. The van der Waals surface area contributed by atoms with E-state index in [9.17, 15) is 4.79 Å². The predicted octanol–water partition coefficient (Wildman–Crippen LogP) is 0.139. The number of ketones is 1. The third-order valence-electron chi connectivity index (χ3n) is 4.34. The highest BCUT2D eigenvalue weighted by Gasteiger charge is 2.14. The molecule has 7 nitrogen and oxygen atoms in total. The maximum absolute atomic E-state index is 12.2. The molecule has 0 bridgehead atoms. The first kappa shape index (κ1) is 20.1. The first-order valence-corrected chi connectivity index (χ1v) is 9.03. The van der Waals surface area contributed by atoms with Crippen LogP contribution in [0, 0.1) is 6.42 Å². The van der Waals surface area contributed by atoms with Crippen LogP contribution < -0.4 is 5.32 Å². The zero-order chi connectivity index (χ0) is 17.9. The van der Waals surface area contributed by atoms with Gasteiger partial charge in [0.25, 0.3) is 0 Å². The summed E-state index contributed by atoms with van der Waals surface area (Å²) in [5, 5.41) is 21.2. The first-order chi connectivity index (χ1) is 12.2. The number of aliphatic hydroxyl groups is 2. The van der Waals surface area contributed by atoms with Gasteiger partial charge in [-0.25, -0.2) is 0 Å². The van der Waals surface area contributed by atoms with Crippen molar-refractivity contribution in [1.29, 1.82) is 0 Å². The van der Waals surface area contributed by atoms with Crippen molar-refractivity contribution >= 4 is 5.78 Å². The molecular formula is C18H30N3O4. The molecule has 2 heterocycles. The first-order valence-electron chi connectivity index (χ1n) is 9.03. The number of hydrogen-bond donors (Lipinski definition) is 3. The van der Waals surface area contributed by atoms with Gasteiger partial charge in [0, 0.05) is 26.2 Å². The van der Waals surface area contributed by atoms with E-state index in [1.807, 2.05) is 4.90 Å². The molecule has 25 heavy (non-hydrogen) atoms. The Bertz CT molecular complexity index is 494. The molecule has 0 aromatic carbocycles. The number of Topliss-reactive ketones (excluding diaryl/α,β-unsaturated/α-hetero) is 1. The maximum Gasteiger partial charge on any atom is 0.211 e. The van der Waals surface area contributed by atoms with Gasteiger partial charge in [0.2, 0.25) is 5.78 Å². The molecule has 3 N–H and O–H groups in total. The second kappa shape index (κ2) is 11.4. The van der Waals surface area contributed by atoms with Crippen LogP contribution in [0.2, 0.25) is 0 Å². The van der Waals surface area contributed by atoms with Crippen molar-refractivity contribution in [3.05, 3.63) is 30.1 Å². The molecule has 0 atom stereocenters. The van der Waals surface area contributed by atoms with Crippen LogP contribution in [0.3, 0.4) is 0 Å². The minimum absolute atomic E-state index is 0.0193. The third-order valence-corrected chi connectivity index (χ3v) is 4.34. The molecule has 7 heteroatoms. The summed E-state index contributed by atoms with van der Waals surface area (Å²) in [6, 6.07) is 3.47. The van der Waals surface area contributed by atoms with Gasteiger partial charge in [-0.2, -0.15) is 0 Å². The molecule has 1 saturated heterocycles. The number of likely N-dealkylation sites (tertiary alicyclic amines) is 1. The lowest BCUT2D eigenvalue weighted by Gasteiger charge is -2.26. The molecule has 0 spiro atoms. The SMILES string of the molecule is O=C(CNCCN1CC[CH]CC1)c1ccc(CN(CCO)CCO)o1. The Labute approximate surface area is 149 Å². The molecule has 1 fully saturated rings. The Balaban J connectivity index is 1.69. The van der Waals surface area contributed by atoms with E-state index in [1.54, 1.807) is 12.1 Å². The summed E-state index contributed by atoms with van der Waals surface area (Å²) in [6.07, 6.45) is 4.62. The maximum atomic E-state index is 12.2. The van der Waals surface area contributed by atoms with Crippen molar-refractivity contribution in [2.75, 3.05) is 59.0 Å². The minimum Gasteiger partial charge on any atom is -0.457 e. The fraction of sp³-hybridized carbons (Fsp3) is 0.667. The number of carbonyl (C=O) groups excluding carboxylic acids is 1. The fourth-order valence-electron chi connectivity index (χ4n) is 2.94. The van der Waals surface area contributed by atoms with Crippen LogP contribution in [0.4, 0.5) is 0 Å². The van der Waals surface area contributed by atoms with E-state index in [-0.39, 0.29) is 25.5 Å². The van der Waals surface area contributed by atoms with Crippen LogP contribution in [0.5, 0.6) is 0 Å². The average Bonchev–Trinajstić information content (AvgIpc) is 3.08. The lowest BCUT2D eigenvalue weighted by molar-refractivity contribution is 0.0956. The van der Waals surface area contributed by atoms with Crippen LogP contribution in [-0.2, 0) is 6.54 Å². The van der Waals surface area contributed by atoms with Gasteiger partial charge in [-0.05, 0) is 44.5 Å². The Morgan fingerprint density at radius 2 is 1.92 bits per heavy atom. The molecule has 1 aliphatic heterocycles. The molecular weight excluding hydrogens is 322 g/mol. The standard InChI is InChI=1S/C18H30N3O4/c22-12-10-21(11-13-23)15-16-4-5-18(25-16)17(24)14-19-6-9-20-7-2-1-3-8-20/h1,4-5,19,22-23H,2-3,6-15H2. The van der Waals surface area contributed by atoms with Crippen molar-refractivity contribution in [2.45, 2.75) is 19.4 Å². The Morgan fingerprint density at radius 1 is 1.20 bits per heavy atom. The van der Waals surface area contributed by atoms with Crippen LogP contribution >= 0.6 is 0 Å². The second-order valence-corrected chi connectivity index (χ2v) is 6.30. The number of nitrogens with zero attached hydrogens (tertiary/aromatic N) is 2. The Kier molecular flexibility index (Phi) is 9.14. The van der Waals surface area contributed by atoms with Gasteiger partial charge in [0.05, 0.1) is 26.3 Å². The molecule has 1 aliphatic rings. The topological polar surface area (TPSA) is 89.2 Å². The molecule has 0 unspecified atom stereocenters. The monoisotopic (exact) mass is 352 g/mol. The molecule has 1 radical (unpaired) electrons. The number of hydrogen-bond acceptors (Lipinski definition) is 7. The lowest BCUT2D eigenvalue weighted by atomic mass is 10.1. The fourth-order valence-corrected chi connectivity index (χ4v) is 2.94. The zero-order valence-corrected chi connectivity index (χ0v) is 14.8. The van der Waals surface area contributed by atoms with Crippen LogP contribution in [0.25, 0.3) is 0 Å². The van der Waals surface area contributed by atoms with Gasteiger partial charge in [-0.3, -0.25) is 9.69 Å². The van der Waals surface area contributed by atoms with Crippen molar-refractivity contribution in [1.82, 2.24) is 15.1 Å². The number of piperidine rings is 1. The lowest BCUT2D eigenvalue weighted by Crippen LogP contribution is -2.37. The predicted molar refractivity (Wildman–Crippen MR) is 95.3 cm³/mol. The van der Waals surface area contributed by atoms with E-state index in [0.717, 1.165) is 39.0 Å². The summed E-state index contributed by atoms with van der Waals surface area (Å²) in [5.74, 6) is 0.951. The van der Waals surface area contributed by atoms with Crippen molar-refractivity contribution in [2.24, 2.45) is 0 Å². The summed E-state index contributed by atoms with van der Waals surface area (Å²) in [4.78, 5) is 16.5. The summed E-state index contributed by atoms with van der Waals surface area (Å²) in [6.45, 7) is 5.65. The summed E-state index contributed by atoms with van der Waals surface area (Å²) in [7, 11) is 0. The molecule has 0 amide bonds. The van der Waals surface area contributed by atoms with Crippen molar-refractivity contribution < 1.29 is 19.4 Å². The highest BCUT2D eigenvalue weighted by atomic mass is 16.3. The van der Waals surface area contributed by atoms with Gasteiger partial charge in [0.15, 0.2) is 5.76 Å². The Morgan fingerprint density at radius 3 is 2.60 bits per heavy atom. The summed E-state index contributed by atoms with van der Waals surface area (Å²) < 4.78 is 5.61. The summed E-state index contributed by atoms with van der Waals surface area (Å²) in [5.41, 5.74) is 0. The van der Waals surface area contributed by atoms with Crippen LogP contribution in [0.1, 0.15) is 29.2 Å².